The Kier molecular flexibility index (Phi) is 7.15. The standard InChI is InChI=1S/C12H28N2O2/c1-11(2,14)5-9-16-12(3,4)6-8-15-10-7-13/h5-10,13-14H2,1-4H3. The van der Waals surface area contributed by atoms with Gasteiger partial charge in [0, 0.05) is 25.3 Å². The third kappa shape index (κ3) is 10.4. The Morgan fingerprint density at radius 3 is 2.06 bits per heavy atom. The van der Waals surface area contributed by atoms with Gasteiger partial charge in [0.25, 0.3) is 0 Å². The van der Waals surface area contributed by atoms with Crippen molar-refractivity contribution >= 4 is 0 Å². The van der Waals surface area contributed by atoms with Gasteiger partial charge in [0.1, 0.15) is 0 Å². The van der Waals surface area contributed by atoms with E-state index in [-0.39, 0.29) is 11.1 Å². The van der Waals surface area contributed by atoms with Crippen molar-refractivity contribution in [2.75, 3.05) is 26.4 Å². The molecule has 0 aromatic carbocycles. The molecule has 0 radical (unpaired) electrons. The second-order valence-electron chi connectivity index (χ2n) is 5.50. The molecule has 4 N–H and O–H groups in total. The van der Waals surface area contributed by atoms with Crippen molar-refractivity contribution in [1.29, 1.82) is 0 Å². The average molecular weight is 232 g/mol. The quantitative estimate of drug-likeness (QED) is 0.587. The summed E-state index contributed by atoms with van der Waals surface area (Å²) in [5, 5.41) is 0. The van der Waals surface area contributed by atoms with Gasteiger partial charge in [0.15, 0.2) is 0 Å². The molecule has 0 atom stereocenters. The van der Waals surface area contributed by atoms with Crippen LogP contribution in [0.5, 0.6) is 0 Å². The van der Waals surface area contributed by atoms with Gasteiger partial charge in [-0.2, -0.15) is 0 Å². The van der Waals surface area contributed by atoms with Crippen molar-refractivity contribution in [1.82, 2.24) is 0 Å². The molecule has 0 unspecified atom stereocenters. The molecule has 0 aliphatic heterocycles. The highest BCUT2D eigenvalue weighted by Crippen LogP contribution is 2.16. The van der Waals surface area contributed by atoms with Crippen LogP contribution < -0.4 is 11.5 Å². The maximum absolute atomic E-state index is 5.89. The maximum Gasteiger partial charge on any atom is 0.0648 e. The second-order valence-corrected chi connectivity index (χ2v) is 5.50. The Morgan fingerprint density at radius 2 is 1.56 bits per heavy atom. The van der Waals surface area contributed by atoms with E-state index >= 15 is 0 Å². The Bertz CT molecular complexity index is 176. The summed E-state index contributed by atoms with van der Waals surface area (Å²) in [4.78, 5) is 0. The molecule has 16 heavy (non-hydrogen) atoms. The zero-order valence-electron chi connectivity index (χ0n) is 11.2. The van der Waals surface area contributed by atoms with E-state index in [1.165, 1.54) is 0 Å². The van der Waals surface area contributed by atoms with Crippen molar-refractivity contribution in [3.63, 3.8) is 0 Å². The first-order valence-electron chi connectivity index (χ1n) is 5.97. The first-order chi connectivity index (χ1) is 7.27. The first-order valence-corrected chi connectivity index (χ1v) is 5.97. The molecule has 4 nitrogen and oxygen atoms in total. The SMILES string of the molecule is CC(C)(N)CCOC(C)(C)CCOCCN. The van der Waals surface area contributed by atoms with Crippen LogP contribution in [-0.2, 0) is 9.47 Å². The van der Waals surface area contributed by atoms with Crippen LogP contribution in [0.1, 0.15) is 40.5 Å². The fourth-order valence-electron chi connectivity index (χ4n) is 1.17. The predicted octanol–water partition coefficient (Wildman–Crippen LogP) is 1.27. The number of ether oxygens (including phenoxy) is 2. The molecule has 0 aromatic rings. The van der Waals surface area contributed by atoms with Crippen molar-refractivity contribution < 1.29 is 9.47 Å². The van der Waals surface area contributed by atoms with Crippen molar-refractivity contribution in [3.05, 3.63) is 0 Å². The Hall–Kier alpha value is -0.160. The third-order valence-electron chi connectivity index (χ3n) is 2.35. The Labute approximate surface area is 99.7 Å². The summed E-state index contributed by atoms with van der Waals surface area (Å²) in [7, 11) is 0. The highest BCUT2D eigenvalue weighted by atomic mass is 16.5. The molecule has 0 saturated carbocycles. The molecule has 0 aromatic heterocycles. The van der Waals surface area contributed by atoms with E-state index < -0.39 is 0 Å². The van der Waals surface area contributed by atoms with E-state index in [4.69, 9.17) is 20.9 Å². The predicted molar refractivity (Wildman–Crippen MR) is 67.4 cm³/mol. The number of hydrogen-bond donors (Lipinski definition) is 2. The summed E-state index contributed by atoms with van der Waals surface area (Å²) in [5.41, 5.74) is 10.9. The normalized spacial score (nSPS) is 13.1. The molecule has 0 aliphatic carbocycles. The lowest BCUT2D eigenvalue weighted by atomic mass is 10.0. The van der Waals surface area contributed by atoms with Crippen molar-refractivity contribution in [3.8, 4) is 0 Å². The zero-order chi connectivity index (χ0) is 12.7. The van der Waals surface area contributed by atoms with Gasteiger partial charge in [-0.15, -0.1) is 0 Å². The summed E-state index contributed by atoms with van der Waals surface area (Å²) >= 11 is 0. The molecule has 4 heteroatoms. The van der Waals surface area contributed by atoms with Crippen LogP contribution >= 0.6 is 0 Å². The van der Waals surface area contributed by atoms with Gasteiger partial charge in [0.05, 0.1) is 12.2 Å². The van der Waals surface area contributed by atoms with E-state index in [0.717, 1.165) is 12.8 Å². The summed E-state index contributed by atoms with van der Waals surface area (Å²) in [6.07, 6.45) is 1.73. The molecule has 0 rings (SSSR count). The van der Waals surface area contributed by atoms with Crippen molar-refractivity contribution in [2.45, 2.75) is 51.7 Å². The zero-order valence-corrected chi connectivity index (χ0v) is 11.2. The lowest BCUT2D eigenvalue weighted by molar-refractivity contribution is -0.0447. The highest BCUT2D eigenvalue weighted by Gasteiger charge is 2.19. The van der Waals surface area contributed by atoms with Crippen molar-refractivity contribution in [2.24, 2.45) is 11.5 Å². The lowest BCUT2D eigenvalue weighted by Gasteiger charge is -2.27. The number of hydrogen-bond acceptors (Lipinski definition) is 4. The van der Waals surface area contributed by atoms with Gasteiger partial charge in [0.2, 0.25) is 0 Å². The molecular weight excluding hydrogens is 204 g/mol. The smallest absolute Gasteiger partial charge is 0.0648 e. The monoisotopic (exact) mass is 232 g/mol. The average Bonchev–Trinajstić information content (AvgIpc) is 2.10. The molecule has 0 aliphatic rings. The van der Waals surface area contributed by atoms with E-state index in [1.807, 2.05) is 13.8 Å². The summed E-state index contributed by atoms with van der Waals surface area (Å²) in [5.74, 6) is 0. The highest BCUT2D eigenvalue weighted by molar-refractivity contribution is 4.73. The Morgan fingerprint density at radius 1 is 0.938 bits per heavy atom. The van der Waals surface area contributed by atoms with Crippen LogP contribution in [0.25, 0.3) is 0 Å². The fraction of sp³-hybridized carbons (Fsp3) is 1.00. The minimum Gasteiger partial charge on any atom is -0.380 e. The van der Waals surface area contributed by atoms with Crippen LogP contribution in [0.4, 0.5) is 0 Å². The summed E-state index contributed by atoms with van der Waals surface area (Å²) in [6, 6.07) is 0. The van der Waals surface area contributed by atoms with Crippen LogP contribution in [0, 0.1) is 0 Å². The van der Waals surface area contributed by atoms with Crippen LogP contribution in [0.15, 0.2) is 0 Å². The molecule has 0 fully saturated rings. The maximum atomic E-state index is 5.89. The minimum atomic E-state index is -0.161. The molecule has 0 spiro atoms. The summed E-state index contributed by atoms with van der Waals surface area (Å²) in [6.45, 7) is 10.7. The van der Waals surface area contributed by atoms with E-state index in [9.17, 15) is 0 Å². The van der Waals surface area contributed by atoms with Gasteiger partial charge in [-0.1, -0.05) is 0 Å². The second kappa shape index (κ2) is 7.22. The Balaban J connectivity index is 3.62. The van der Waals surface area contributed by atoms with Crippen LogP contribution in [0.3, 0.4) is 0 Å². The fourth-order valence-corrected chi connectivity index (χ4v) is 1.17. The first kappa shape index (κ1) is 15.8. The van der Waals surface area contributed by atoms with Crippen LogP contribution in [-0.4, -0.2) is 37.5 Å². The molecule has 0 heterocycles. The van der Waals surface area contributed by atoms with Crippen LogP contribution in [0.2, 0.25) is 0 Å². The third-order valence-corrected chi connectivity index (χ3v) is 2.35. The summed E-state index contributed by atoms with van der Waals surface area (Å²) < 4.78 is 11.1. The molecular formula is C12H28N2O2. The van der Waals surface area contributed by atoms with E-state index in [2.05, 4.69) is 13.8 Å². The lowest BCUT2D eigenvalue weighted by Crippen LogP contribution is -2.35. The van der Waals surface area contributed by atoms with Gasteiger partial charge in [-0.25, -0.2) is 0 Å². The largest absolute Gasteiger partial charge is 0.380 e. The van der Waals surface area contributed by atoms with Gasteiger partial charge in [-0.3, -0.25) is 0 Å². The van der Waals surface area contributed by atoms with Gasteiger partial charge < -0.3 is 20.9 Å². The van der Waals surface area contributed by atoms with Gasteiger partial charge in [-0.05, 0) is 40.5 Å². The van der Waals surface area contributed by atoms with E-state index in [1.54, 1.807) is 0 Å². The van der Waals surface area contributed by atoms with E-state index in [0.29, 0.717) is 26.4 Å². The number of rotatable bonds is 9. The molecule has 0 bridgehead atoms. The molecule has 98 valence electrons. The number of nitrogens with two attached hydrogens (primary N) is 2. The van der Waals surface area contributed by atoms with Gasteiger partial charge >= 0.3 is 0 Å². The topological polar surface area (TPSA) is 70.5 Å². The molecule has 0 saturated heterocycles. The minimum absolute atomic E-state index is 0.153. The molecule has 0 amide bonds.